The molecule has 96 valence electrons. The Morgan fingerprint density at radius 3 is 2.06 bits per heavy atom. The lowest BCUT2D eigenvalue weighted by Gasteiger charge is -2.13. The molecule has 1 rings (SSSR count). The molecule has 0 saturated heterocycles. The minimum absolute atomic E-state index is 0.385. The van der Waals surface area contributed by atoms with E-state index < -0.39 is 18.2 Å². The van der Waals surface area contributed by atoms with Gasteiger partial charge >= 0.3 is 6.18 Å². The molecule has 0 amide bonds. The average molecular weight is 250 g/mol. The number of rotatable bonds is 2. The number of hydrogen-bond acceptors (Lipinski definition) is 2. The number of benzene rings is 1. The highest BCUT2D eigenvalue weighted by Gasteiger charge is 2.37. The van der Waals surface area contributed by atoms with Crippen molar-refractivity contribution < 1.29 is 28.2 Å². The minimum Gasteiger partial charge on any atom is -0.481 e. The molecule has 0 aromatic heterocycles. The monoisotopic (exact) mass is 250 g/mol. The Balaban J connectivity index is 0.000000557. The summed E-state index contributed by atoms with van der Waals surface area (Å²) in [5.41, 5.74) is 0.479. The lowest BCUT2D eigenvalue weighted by molar-refractivity contribution is -0.203. The van der Waals surface area contributed by atoms with Gasteiger partial charge in [0.25, 0.3) is 5.97 Å². The van der Waals surface area contributed by atoms with Gasteiger partial charge in [0.1, 0.15) is 0 Å². The van der Waals surface area contributed by atoms with Crippen molar-refractivity contribution in [3.63, 3.8) is 0 Å². The Morgan fingerprint density at radius 2 is 1.71 bits per heavy atom. The highest BCUT2D eigenvalue weighted by atomic mass is 19.4. The van der Waals surface area contributed by atoms with Crippen molar-refractivity contribution in [3.05, 3.63) is 35.9 Å². The maximum Gasteiger partial charge on any atom is 0.414 e. The normalized spacial score (nSPS) is 12.3. The van der Waals surface area contributed by atoms with Crippen LogP contribution in [-0.2, 0) is 11.2 Å². The molecule has 3 nitrogen and oxygen atoms in total. The van der Waals surface area contributed by atoms with Gasteiger partial charge in [-0.05, 0) is 5.56 Å². The van der Waals surface area contributed by atoms with E-state index in [-0.39, 0.29) is 6.42 Å². The third-order valence-electron chi connectivity index (χ3n) is 1.65. The summed E-state index contributed by atoms with van der Waals surface area (Å²) in [6.45, 7) is 1.08. The van der Waals surface area contributed by atoms with E-state index in [2.05, 4.69) is 0 Å². The number of carbonyl (C=O) groups is 1. The lowest BCUT2D eigenvalue weighted by Crippen LogP contribution is -2.30. The standard InChI is InChI=1S/C9H9F3O.C2H4O2/c10-9(11,12)8(13)6-7-4-2-1-3-5-7;1-2(3)4/h1-5,8,13H,6H2;1H3,(H,3,4). The predicted octanol–water partition coefficient (Wildman–Crippen LogP) is 2.24. The molecule has 0 aliphatic carbocycles. The number of aliphatic hydroxyl groups is 1. The smallest absolute Gasteiger partial charge is 0.414 e. The van der Waals surface area contributed by atoms with Crippen LogP contribution < -0.4 is 0 Å². The third kappa shape index (κ3) is 8.27. The van der Waals surface area contributed by atoms with E-state index in [1.165, 1.54) is 0 Å². The van der Waals surface area contributed by atoms with Crippen LogP contribution in [0.4, 0.5) is 13.2 Å². The average Bonchev–Trinajstić information content (AvgIpc) is 2.16. The van der Waals surface area contributed by atoms with Crippen molar-refractivity contribution in [1.82, 2.24) is 0 Å². The van der Waals surface area contributed by atoms with Gasteiger partial charge in [-0.15, -0.1) is 0 Å². The van der Waals surface area contributed by atoms with Crippen molar-refractivity contribution in [1.29, 1.82) is 0 Å². The van der Waals surface area contributed by atoms with Crippen LogP contribution in [0, 0.1) is 0 Å². The Labute approximate surface area is 96.5 Å². The summed E-state index contributed by atoms with van der Waals surface area (Å²) < 4.78 is 35.7. The predicted molar refractivity (Wildman–Crippen MR) is 55.5 cm³/mol. The molecule has 0 saturated carbocycles. The van der Waals surface area contributed by atoms with Gasteiger partial charge in [0.05, 0.1) is 0 Å². The molecular formula is C11H13F3O3. The molecule has 0 radical (unpaired) electrons. The zero-order valence-corrected chi connectivity index (χ0v) is 9.11. The SMILES string of the molecule is CC(=O)O.OC(Cc1ccccc1)C(F)(F)F. The van der Waals surface area contributed by atoms with E-state index in [0.717, 1.165) is 6.92 Å². The summed E-state index contributed by atoms with van der Waals surface area (Å²) in [5, 5.41) is 16.1. The molecule has 1 aromatic rings. The largest absolute Gasteiger partial charge is 0.481 e. The molecule has 1 atom stereocenters. The molecule has 0 fully saturated rings. The Bertz CT molecular complexity index is 332. The van der Waals surface area contributed by atoms with E-state index >= 15 is 0 Å². The van der Waals surface area contributed by atoms with Crippen LogP contribution in [0.15, 0.2) is 30.3 Å². The molecule has 0 spiro atoms. The molecule has 1 aromatic carbocycles. The first-order valence-electron chi connectivity index (χ1n) is 4.71. The Kier molecular flexibility index (Phi) is 6.27. The van der Waals surface area contributed by atoms with Gasteiger partial charge in [-0.1, -0.05) is 30.3 Å². The first-order chi connectivity index (χ1) is 7.73. The summed E-state index contributed by atoms with van der Waals surface area (Å²) in [6, 6.07) is 8.09. The maximum atomic E-state index is 11.9. The highest BCUT2D eigenvalue weighted by molar-refractivity contribution is 5.62. The Hall–Kier alpha value is -1.56. The molecule has 6 heteroatoms. The van der Waals surface area contributed by atoms with Gasteiger partial charge in [0.2, 0.25) is 0 Å². The summed E-state index contributed by atoms with van der Waals surface area (Å²) in [4.78, 5) is 9.00. The summed E-state index contributed by atoms with van der Waals surface area (Å²) >= 11 is 0. The second-order valence-electron chi connectivity index (χ2n) is 3.27. The molecule has 17 heavy (non-hydrogen) atoms. The molecular weight excluding hydrogens is 237 g/mol. The minimum atomic E-state index is -4.53. The summed E-state index contributed by atoms with van der Waals surface area (Å²) in [6.07, 6.45) is -7.19. The first kappa shape index (κ1) is 15.4. The van der Waals surface area contributed by atoms with Crippen molar-refractivity contribution in [3.8, 4) is 0 Å². The molecule has 1 unspecified atom stereocenters. The number of aliphatic carboxylic acids is 1. The van der Waals surface area contributed by atoms with Crippen LogP contribution in [0.25, 0.3) is 0 Å². The lowest BCUT2D eigenvalue weighted by atomic mass is 10.1. The summed E-state index contributed by atoms with van der Waals surface area (Å²) in [5.74, 6) is -0.833. The third-order valence-corrected chi connectivity index (χ3v) is 1.65. The van der Waals surface area contributed by atoms with Crippen molar-refractivity contribution in [2.45, 2.75) is 25.6 Å². The zero-order valence-electron chi connectivity index (χ0n) is 9.11. The van der Waals surface area contributed by atoms with Crippen molar-refractivity contribution in [2.75, 3.05) is 0 Å². The maximum absolute atomic E-state index is 11.9. The van der Waals surface area contributed by atoms with Crippen LogP contribution in [0.3, 0.4) is 0 Å². The van der Waals surface area contributed by atoms with Crippen LogP contribution in [0.1, 0.15) is 12.5 Å². The molecule has 0 aliphatic heterocycles. The number of hydrogen-bond donors (Lipinski definition) is 2. The van der Waals surface area contributed by atoms with Crippen molar-refractivity contribution >= 4 is 5.97 Å². The number of alkyl halides is 3. The van der Waals surface area contributed by atoms with Gasteiger partial charge < -0.3 is 10.2 Å². The van der Waals surface area contributed by atoms with Gasteiger partial charge in [-0.25, -0.2) is 0 Å². The van der Waals surface area contributed by atoms with Crippen LogP contribution in [-0.4, -0.2) is 28.5 Å². The molecule has 0 aliphatic rings. The Morgan fingerprint density at radius 1 is 1.29 bits per heavy atom. The quantitative estimate of drug-likeness (QED) is 0.846. The molecule has 2 N–H and O–H groups in total. The number of aliphatic hydroxyl groups excluding tert-OH is 1. The highest BCUT2D eigenvalue weighted by Crippen LogP contribution is 2.22. The first-order valence-corrected chi connectivity index (χ1v) is 4.71. The number of carboxylic acids is 1. The van der Waals surface area contributed by atoms with E-state index in [0.29, 0.717) is 5.56 Å². The van der Waals surface area contributed by atoms with Crippen LogP contribution in [0.2, 0.25) is 0 Å². The second-order valence-corrected chi connectivity index (χ2v) is 3.27. The fraction of sp³-hybridized carbons (Fsp3) is 0.364. The fourth-order valence-electron chi connectivity index (χ4n) is 0.953. The second kappa shape index (κ2) is 6.90. The van der Waals surface area contributed by atoms with E-state index in [4.69, 9.17) is 15.0 Å². The molecule has 0 bridgehead atoms. The van der Waals surface area contributed by atoms with Gasteiger partial charge in [-0.3, -0.25) is 4.79 Å². The van der Waals surface area contributed by atoms with Crippen LogP contribution in [0.5, 0.6) is 0 Å². The summed E-state index contributed by atoms with van der Waals surface area (Å²) in [7, 11) is 0. The van der Waals surface area contributed by atoms with E-state index in [1.807, 2.05) is 0 Å². The zero-order chi connectivity index (χ0) is 13.5. The van der Waals surface area contributed by atoms with Gasteiger partial charge in [-0.2, -0.15) is 13.2 Å². The topological polar surface area (TPSA) is 57.5 Å². The number of carboxylic acid groups (broad SMARTS) is 1. The van der Waals surface area contributed by atoms with Gasteiger partial charge in [0.15, 0.2) is 6.10 Å². The molecule has 0 heterocycles. The van der Waals surface area contributed by atoms with Crippen LogP contribution >= 0.6 is 0 Å². The van der Waals surface area contributed by atoms with E-state index in [9.17, 15) is 13.2 Å². The van der Waals surface area contributed by atoms with E-state index in [1.54, 1.807) is 30.3 Å². The fourth-order valence-corrected chi connectivity index (χ4v) is 0.953. The van der Waals surface area contributed by atoms with Crippen molar-refractivity contribution in [2.24, 2.45) is 0 Å². The number of halogens is 3. The van der Waals surface area contributed by atoms with Gasteiger partial charge in [0, 0.05) is 13.3 Å².